The molecule has 0 spiro atoms. The first-order valence-corrected chi connectivity index (χ1v) is 10.1. The zero-order chi connectivity index (χ0) is 19.2. The molecule has 2 aliphatic rings. The van der Waals surface area contributed by atoms with Gasteiger partial charge in [0.2, 0.25) is 5.91 Å². The molecule has 2 atom stereocenters. The molecule has 2 unspecified atom stereocenters. The highest BCUT2D eigenvalue weighted by Crippen LogP contribution is 2.41. The highest BCUT2D eigenvalue weighted by molar-refractivity contribution is 5.80. The number of carbonyl (C=O) groups excluding carboxylic acids is 1. The lowest BCUT2D eigenvalue weighted by molar-refractivity contribution is -0.135. The fourth-order valence-electron chi connectivity index (χ4n) is 4.54. The van der Waals surface area contributed by atoms with Crippen molar-refractivity contribution in [3.05, 3.63) is 47.3 Å². The van der Waals surface area contributed by atoms with Crippen LogP contribution >= 0.6 is 0 Å². The van der Waals surface area contributed by atoms with E-state index in [1.165, 1.54) is 5.56 Å². The first kappa shape index (κ1) is 18.2. The molecule has 1 aromatic heterocycles. The van der Waals surface area contributed by atoms with Gasteiger partial charge in [0.25, 0.3) is 0 Å². The van der Waals surface area contributed by atoms with Crippen LogP contribution in [-0.2, 0) is 16.6 Å². The summed E-state index contributed by atoms with van der Waals surface area (Å²) >= 11 is 0. The van der Waals surface area contributed by atoms with Crippen LogP contribution in [0.4, 0.5) is 0 Å². The van der Waals surface area contributed by atoms with Gasteiger partial charge in [-0.15, -0.1) is 5.10 Å². The topological polar surface area (TPSA) is 51.0 Å². The molecule has 3 heterocycles. The first-order valence-electron chi connectivity index (χ1n) is 10.1. The van der Waals surface area contributed by atoms with E-state index in [0.29, 0.717) is 24.5 Å². The summed E-state index contributed by atoms with van der Waals surface area (Å²) in [7, 11) is 0. The molecule has 0 N–H and O–H groups in total. The minimum Gasteiger partial charge on any atom is -0.336 e. The molecule has 0 aliphatic carbocycles. The molecule has 4 rings (SSSR count). The van der Waals surface area contributed by atoms with Crippen LogP contribution in [0.1, 0.15) is 69.3 Å². The van der Waals surface area contributed by atoms with Gasteiger partial charge in [0.1, 0.15) is 0 Å². The van der Waals surface area contributed by atoms with Crippen molar-refractivity contribution < 1.29 is 4.79 Å². The van der Waals surface area contributed by atoms with Gasteiger partial charge in [0, 0.05) is 23.7 Å². The van der Waals surface area contributed by atoms with Gasteiger partial charge in [0.05, 0.1) is 18.2 Å². The molecule has 0 saturated carbocycles. The van der Waals surface area contributed by atoms with Gasteiger partial charge in [-0.1, -0.05) is 55.8 Å². The summed E-state index contributed by atoms with van der Waals surface area (Å²) in [4.78, 5) is 15.2. The van der Waals surface area contributed by atoms with Crippen molar-refractivity contribution in [3.63, 3.8) is 0 Å². The van der Waals surface area contributed by atoms with E-state index in [1.807, 2.05) is 4.68 Å². The minimum atomic E-state index is 0.0158. The average molecular weight is 367 g/mol. The lowest BCUT2D eigenvalue weighted by Crippen LogP contribution is -2.47. The van der Waals surface area contributed by atoms with Gasteiger partial charge in [-0.2, -0.15) is 0 Å². The number of piperidine rings is 1. The molecule has 2 aliphatic heterocycles. The van der Waals surface area contributed by atoms with Crippen molar-refractivity contribution in [2.75, 3.05) is 0 Å². The van der Waals surface area contributed by atoms with E-state index in [4.69, 9.17) is 0 Å². The highest BCUT2D eigenvalue weighted by atomic mass is 16.2. The van der Waals surface area contributed by atoms with Gasteiger partial charge in [0.15, 0.2) is 0 Å². The summed E-state index contributed by atoms with van der Waals surface area (Å²) in [6, 6.07) is 9.36. The number of hydrogen-bond donors (Lipinski definition) is 0. The van der Waals surface area contributed by atoms with E-state index < -0.39 is 0 Å². The molecule has 144 valence electrons. The zero-order valence-electron chi connectivity index (χ0n) is 16.9. The molecular weight excluding hydrogens is 336 g/mol. The van der Waals surface area contributed by atoms with Crippen molar-refractivity contribution in [2.24, 2.45) is 0 Å². The number of amides is 1. The zero-order valence-corrected chi connectivity index (χ0v) is 16.9. The molecule has 1 aromatic carbocycles. The maximum absolute atomic E-state index is 13.0. The maximum atomic E-state index is 13.0. The lowest BCUT2D eigenvalue weighted by atomic mass is 9.92. The fourth-order valence-corrected chi connectivity index (χ4v) is 4.54. The Morgan fingerprint density at radius 1 is 1.07 bits per heavy atom. The quantitative estimate of drug-likeness (QED) is 0.830. The largest absolute Gasteiger partial charge is 0.336 e. The summed E-state index contributed by atoms with van der Waals surface area (Å²) < 4.78 is 2.05. The van der Waals surface area contributed by atoms with Gasteiger partial charge < -0.3 is 4.90 Å². The first-order chi connectivity index (χ1) is 12.8. The van der Waals surface area contributed by atoms with Crippen molar-refractivity contribution in [3.8, 4) is 0 Å². The second-order valence-corrected chi connectivity index (χ2v) is 9.31. The molecule has 2 fully saturated rings. The van der Waals surface area contributed by atoms with Crippen LogP contribution in [-0.4, -0.2) is 37.9 Å². The third kappa shape index (κ3) is 3.64. The highest BCUT2D eigenvalue weighted by Gasteiger charge is 2.43. The number of hydrogen-bond acceptors (Lipinski definition) is 3. The summed E-state index contributed by atoms with van der Waals surface area (Å²) in [5.41, 5.74) is 3.39. The lowest BCUT2D eigenvalue weighted by Gasteiger charge is -2.39. The van der Waals surface area contributed by atoms with E-state index in [0.717, 1.165) is 36.9 Å². The van der Waals surface area contributed by atoms with E-state index in [9.17, 15) is 4.79 Å². The predicted octanol–water partition coefficient (Wildman–Crippen LogP) is 3.82. The number of nitrogens with zero attached hydrogens (tertiary/aromatic N) is 4. The number of fused-ring (bicyclic) bond motifs is 2. The third-order valence-corrected chi connectivity index (χ3v) is 6.12. The second-order valence-electron chi connectivity index (χ2n) is 9.31. The van der Waals surface area contributed by atoms with E-state index >= 15 is 0 Å². The van der Waals surface area contributed by atoms with E-state index in [2.05, 4.69) is 73.4 Å². The molecule has 0 radical (unpaired) electrons. The summed E-state index contributed by atoms with van der Waals surface area (Å²) in [5, 5.41) is 8.79. The monoisotopic (exact) mass is 366 g/mol. The molecule has 2 saturated heterocycles. The van der Waals surface area contributed by atoms with Crippen LogP contribution in [0.5, 0.6) is 0 Å². The molecule has 1 amide bonds. The van der Waals surface area contributed by atoms with Crippen LogP contribution < -0.4 is 0 Å². The number of carbonyl (C=O) groups is 1. The number of aromatic nitrogens is 3. The molecular formula is C22H30N4O. The van der Waals surface area contributed by atoms with E-state index in [1.54, 1.807) is 0 Å². The minimum absolute atomic E-state index is 0.0158. The Hall–Kier alpha value is -2.17. The molecule has 5 nitrogen and oxygen atoms in total. The molecule has 2 aromatic rings. The van der Waals surface area contributed by atoms with Crippen LogP contribution in [0, 0.1) is 6.92 Å². The third-order valence-electron chi connectivity index (χ3n) is 6.12. The molecule has 5 heteroatoms. The summed E-state index contributed by atoms with van der Waals surface area (Å²) in [6.07, 6.45) is 6.82. The normalized spacial score (nSPS) is 25.0. The van der Waals surface area contributed by atoms with Gasteiger partial charge >= 0.3 is 0 Å². The summed E-state index contributed by atoms with van der Waals surface area (Å²) in [5.74, 6) is 0.277. The average Bonchev–Trinajstić information content (AvgIpc) is 3.20. The SMILES string of the molecule is Cc1ccc(CC(=O)N2C3CCC2CC(n2cc(C(C)(C)C)nn2)C3)cc1. The Morgan fingerprint density at radius 3 is 2.26 bits per heavy atom. The van der Waals surface area contributed by atoms with Crippen LogP contribution in [0.2, 0.25) is 0 Å². The number of aryl methyl sites for hydroxylation is 1. The Morgan fingerprint density at radius 2 is 1.70 bits per heavy atom. The predicted molar refractivity (Wildman–Crippen MR) is 106 cm³/mol. The van der Waals surface area contributed by atoms with Gasteiger partial charge in [-0.3, -0.25) is 4.79 Å². The second kappa shape index (κ2) is 6.77. The fraction of sp³-hybridized carbons (Fsp3) is 0.591. The van der Waals surface area contributed by atoms with Crippen LogP contribution in [0.15, 0.2) is 30.5 Å². The summed E-state index contributed by atoms with van der Waals surface area (Å²) in [6.45, 7) is 8.57. The molecule has 27 heavy (non-hydrogen) atoms. The Labute approximate surface area is 161 Å². The van der Waals surface area contributed by atoms with Crippen molar-refractivity contribution in [1.82, 2.24) is 19.9 Å². The Bertz CT molecular complexity index is 804. The van der Waals surface area contributed by atoms with Gasteiger partial charge in [-0.25, -0.2) is 4.68 Å². The maximum Gasteiger partial charge on any atom is 0.227 e. The van der Waals surface area contributed by atoms with Crippen molar-refractivity contribution in [1.29, 1.82) is 0 Å². The number of rotatable bonds is 3. The van der Waals surface area contributed by atoms with Crippen LogP contribution in [0.25, 0.3) is 0 Å². The molecule has 2 bridgehead atoms. The Balaban J connectivity index is 1.45. The van der Waals surface area contributed by atoms with Gasteiger partial charge in [-0.05, 0) is 38.2 Å². The van der Waals surface area contributed by atoms with E-state index in [-0.39, 0.29) is 11.3 Å². The Kier molecular flexibility index (Phi) is 4.57. The van der Waals surface area contributed by atoms with Crippen molar-refractivity contribution >= 4 is 5.91 Å². The smallest absolute Gasteiger partial charge is 0.227 e. The number of benzene rings is 1. The van der Waals surface area contributed by atoms with Crippen molar-refractivity contribution in [2.45, 2.75) is 83.3 Å². The standard InChI is InChI=1S/C22H30N4O/c1-15-5-7-16(8-6-15)11-21(27)26-17-9-10-18(26)13-19(12-17)25-14-20(23-24-25)22(2,3)4/h5-8,14,17-19H,9-13H2,1-4H3. The van der Waals surface area contributed by atoms with Crippen LogP contribution in [0.3, 0.4) is 0 Å².